The van der Waals surface area contributed by atoms with Crippen LogP contribution in [0.5, 0.6) is 0 Å². The second kappa shape index (κ2) is 7.40. The number of hydrogen-bond donors (Lipinski definition) is 1. The first-order valence-electron chi connectivity index (χ1n) is 7.44. The molecule has 1 N–H and O–H groups in total. The van der Waals surface area contributed by atoms with Crippen LogP contribution in [0.2, 0.25) is 0 Å². The van der Waals surface area contributed by atoms with E-state index in [0.29, 0.717) is 17.1 Å². The number of nitrogens with zero attached hydrogens (tertiary/aromatic N) is 2. The molecule has 0 saturated carbocycles. The number of amides is 1. The van der Waals surface area contributed by atoms with Crippen LogP contribution < -0.4 is 4.72 Å². The minimum Gasteiger partial charge on any atom is -0.273 e. The summed E-state index contributed by atoms with van der Waals surface area (Å²) in [5.41, 5.74) is 1.96. The first-order valence-corrected chi connectivity index (χ1v) is 9.98. The highest BCUT2D eigenvalue weighted by atomic mass is 32.2. The number of sulfonamides is 1. The Labute approximate surface area is 146 Å². The zero-order valence-electron chi connectivity index (χ0n) is 14.1. The fraction of sp³-hybridized carbons (Fsp3) is 0.375. The Balaban J connectivity index is 2.05. The fourth-order valence-corrected chi connectivity index (χ4v) is 4.69. The van der Waals surface area contributed by atoms with Gasteiger partial charge in [0.2, 0.25) is 5.91 Å². The van der Waals surface area contributed by atoms with Crippen LogP contribution in [0.3, 0.4) is 0 Å². The van der Waals surface area contributed by atoms with Gasteiger partial charge in [0.05, 0.1) is 16.6 Å². The van der Waals surface area contributed by atoms with Crippen molar-refractivity contribution in [2.75, 3.05) is 0 Å². The van der Waals surface area contributed by atoms with Crippen LogP contribution in [0.25, 0.3) is 0 Å². The van der Waals surface area contributed by atoms with Crippen molar-refractivity contribution in [1.29, 1.82) is 0 Å². The minimum atomic E-state index is -3.92. The molecule has 130 valence electrons. The van der Waals surface area contributed by atoms with E-state index in [2.05, 4.69) is 9.82 Å². The first-order chi connectivity index (χ1) is 11.2. The molecule has 2 rings (SSSR count). The van der Waals surface area contributed by atoms with Crippen molar-refractivity contribution in [2.45, 2.75) is 36.7 Å². The highest BCUT2D eigenvalue weighted by Gasteiger charge is 2.27. The molecule has 0 spiro atoms. The van der Waals surface area contributed by atoms with E-state index in [1.807, 2.05) is 30.3 Å². The standard InChI is InChI=1S/C16H21N3O3S2/c1-11-15(12(2)19(4)17-11)24(21,22)18-16(20)13(3)23-10-14-8-6-5-7-9-14/h5-9,13H,10H2,1-4H3,(H,18,20). The third-order valence-corrected chi connectivity index (χ3v) is 6.47. The number of carbonyl (C=O) groups is 1. The number of benzene rings is 1. The molecule has 6 nitrogen and oxygen atoms in total. The average Bonchev–Trinajstić information content (AvgIpc) is 2.78. The van der Waals surface area contributed by atoms with Crippen LogP contribution >= 0.6 is 11.8 Å². The van der Waals surface area contributed by atoms with Gasteiger partial charge >= 0.3 is 0 Å². The lowest BCUT2D eigenvalue weighted by Gasteiger charge is -2.12. The molecule has 1 unspecified atom stereocenters. The van der Waals surface area contributed by atoms with Crippen LogP contribution in [0.4, 0.5) is 0 Å². The van der Waals surface area contributed by atoms with Gasteiger partial charge in [-0.25, -0.2) is 13.1 Å². The molecule has 1 heterocycles. The third kappa shape index (κ3) is 4.18. The molecule has 2 aromatic rings. The van der Waals surface area contributed by atoms with Crippen LogP contribution in [-0.2, 0) is 27.6 Å². The number of aryl methyl sites for hydroxylation is 2. The molecule has 0 radical (unpaired) electrons. The van der Waals surface area contributed by atoms with Gasteiger partial charge in [0.1, 0.15) is 4.90 Å². The maximum absolute atomic E-state index is 12.5. The van der Waals surface area contributed by atoms with Crippen molar-refractivity contribution in [1.82, 2.24) is 14.5 Å². The highest BCUT2D eigenvalue weighted by Crippen LogP contribution is 2.21. The van der Waals surface area contributed by atoms with Crippen LogP contribution in [0.15, 0.2) is 35.2 Å². The van der Waals surface area contributed by atoms with Gasteiger partial charge in [-0.2, -0.15) is 5.10 Å². The van der Waals surface area contributed by atoms with Crippen molar-refractivity contribution in [3.63, 3.8) is 0 Å². The van der Waals surface area contributed by atoms with Crippen molar-refractivity contribution in [3.05, 3.63) is 47.3 Å². The lowest BCUT2D eigenvalue weighted by Crippen LogP contribution is -2.36. The van der Waals surface area contributed by atoms with E-state index in [4.69, 9.17) is 0 Å². The molecule has 0 aliphatic rings. The molecule has 1 aromatic carbocycles. The molecule has 1 aromatic heterocycles. The normalized spacial score (nSPS) is 12.8. The number of thioether (sulfide) groups is 1. The highest BCUT2D eigenvalue weighted by molar-refractivity contribution is 8.00. The molecule has 0 fully saturated rings. The van der Waals surface area contributed by atoms with E-state index in [0.717, 1.165) is 5.56 Å². The maximum atomic E-state index is 12.5. The minimum absolute atomic E-state index is 0.0682. The second-order valence-corrected chi connectivity index (χ2v) is 8.48. The van der Waals surface area contributed by atoms with Gasteiger partial charge in [-0.15, -0.1) is 11.8 Å². The summed E-state index contributed by atoms with van der Waals surface area (Å²) in [6, 6.07) is 9.72. The quantitative estimate of drug-likeness (QED) is 0.846. The average molecular weight is 367 g/mol. The summed E-state index contributed by atoms with van der Waals surface area (Å²) in [5, 5.41) is 3.60. The van der Waals surface area contributed by atoms with Gasteiger partial charge in [-0.1, -0.05) is 30.3 Å². The molecule has 1 amide bonds. The largest absolute Gasteiger partial charge is 0.273 e. The summed E-state index contributed by atoms with van der Waals surface area (Å²) < 4.78 is 28.6. The van der Waals surface area contributed by atoms with Crippen LogP contribution in [0.1, 0.15) is 23.9 Å². The molecule has 24 heavy (non-hydrogen) atoms. The van der Waals surface area contributed by atoms with E-state index < -0.39 is 21.2 Å². The van der Waals surface area contributed by atoms with Gasteiger partial charge in [-0.3, -0.25) is 9.48 Å². The molecule has 0 bridgehead atoms. The van der Waals surface area contributed by atoms with Crippen molar-refractivity contribution < 1.29 is 13.2 Å². The van der Waals surface area contributed by atoms with E-state index >= 15 is 0 Å². The van der Waals surface area contributed by atoms with E-state index in [1.54, 1.807) is 27.8 Å². The van der Waals surface area contributed by atoms with Gasteiger partial charge in [-0.05, 0) is 26.3 Å². The summed E-state index contributed by atoms with van der Waals surface area (Å²) in [5.74, 6) is 0.110. The summed E-state index contributed by atoms with van der Waals surface area (Å²) in [6.45, 7) is 4.97. The first kappa shape index (κ1) is 18.5. The molecule has 0 saturated heterocycles. The van der Waals surface area contributed by atoms with Crippen molar-refractivity contribution in [2.24, 2.45) is 7.05 Å². The van der Waals surface area contributed by atoms with Crippen LogP contribution in [-0.4, -0.2) is 29.4 Å². The Bertz CT molecular complexity index is 830. The Morgan fingerprint density at radius 2 is 1.92 bits per heavy atom. The number of hydrogen-bond acceptors (Lipinski definition) is 5. The van der Waals surface area contributed by atoms with Gasteiger partial charge in [0.25, 0.3) is 10.0 Å². The summed E-state index contributed by atoms with van der Waals surface area (Å²) in [7, 11) is -2.26. The van der Waals surface area contributed by atoms with Gasteiger partial charge in [0.15, 0.2) is 0 Å². The maximum Gasteiger partial charge on any atom is 0.267 e. The van der Waals surface area contributed by atoms with E-state index in [9.17, 15) is 13.2 Å². The topological polar surface area (TPSA) is 81.1 Å². The lowest BCUT2D eigenvalue weighted by atomic mass is 10.2. The fourth-order valence-electron chi connectivity index (χ4n) is 2.28. The Hall–Kier alpha value is -1.80. The predicted octanol–water partition coefficient (Wildman–Crippen LogP) is 2.16. The summed E-state index contributed by atoms with van der Waals surface area (Å²) in [6.07, 6.45) is 0. The number of rotatable bonds is 6. The SMILES string of the molecule is Cc1nn(C)c(C)c1S(=O)(=O)NC(=O)C(C)SCc1ccccc1. The number of nitrogens with one attached hydrogen (secondary N) is 1. The molecule has 1 atom stereocenters. The lowest BCUT2D eigenvalue weighted by molar-refractivity contribution is -0.118. The molecular formula is C16H21N3O3S2. The van der Waals surface area contributed by atoms with Crippen molar-refractivity contribution >= 4 is 27.7 Å². The molecule has 8 heteroatoms. The van der Waals surface area contributed by atoms with Gasteiger partial charge in [0, 0.05) is 12.8 Å². The third-order valence-electron chi connectivity index (χ3n) is 3.66. The Kier molecular flexibility index (Phi) is 5.71. The number of carbonyl (C=O) groups excluding carboxylic acids is 1. The monoisotopic (exact) mass is 367 g/mol. The van der Waals surface area contributed by atoms with E-state index in [1.165, 1.54) is 16.4 Å². The zero-order chi connectivity index (χ0) is 17.9. The predicted molar refractivity (Wildman–Crippen MR) is 95.2 cm³/mol. The van der Waals surface area contributed by atoms with Gasteiger partial charge < -0.3 is 0 Å². The van der Waals surface area contributed by atoms with E-state index in [-0.39, 0.29) is 4.90 Å². The Morgan fingerprint density at radius 3 is 2.46 bits per heavy atom. The summed E-state index contributed by atoms with van der Waals surface area (Å²) in [4.78, 5) is 12.3. The summed E-state index contributed by atoms with van der Waals surface area (Å²) >= 11 is 1.39. The zero-order valence-corrected chi connectivity index (χ0v) is 15.7. The molecular weight excluding hydrogens is 346 g/mol. The number of aromatic nitrogens is 2. The second-order valence-electron chi connectivity index (χ2n) is 5.53. The van der Waals surface area contributed by atoms with Crippen molar-refractivity contribution in [3.8, 4) is 0 Å². The molecule has 0 aliphatic heterocycles. The smallest absolute Gasteiger partial charge is 0.267 e. The van der Waals surface area contributed by atoms with Crippen LogP contribution in [0, 0.1) is 13.8 Å². The Morgan fingerprint density at radius 1 is 1.29 bits per heavy atom. The molecule has 0 aliphatic carbocycles.